The molecule has 0 saturated heterocycles. The average molecular weight is 432 g/mol. The molecule has 2 aromatic carbocycles. The second kappa shape index (κ2) is 8.54. The smallest absolute Gasteiger partial charge is 0.267 e. The molecule has 0 aliphatic carbocycles. The number of pyridine rings is 1. The summed E-state index contributed by atoms with van der Waals surface area (Å²) in [5.74, 6) is -1.60. The molecule has 0 spiro atoms. The van der Waals surface area contributed by atoms with Crippen LogP contribution in [-0.2, 0) is 13.0 Å². The molecule has 2 aromatic heterocycles. The van der Waals surface area contributed by atoms with Crippen LogP contribution in [0.25, 0.3) is 10.9 Å². The van der Waals surface area contributed by atoms with Crippen molar-refractivity contribution in [3.8, 4) is 0 Å². The van der Waals surface area contributed by atoms with Crippen molar-refractivity contribution < 1.29 is 14.0 Å². The molecule has 4 aromatic rings. The predicted molar refractivity (Wildman–Crippen MR) is 118 cm³/mol. The highest BCUT2D eigenvalue weighted by molar-refractivity contribution is 6.13. The molecule has 9 heteroatoms. The maximum Gasteiger partial charge on any atom is 0.267 e. The summed E-state index contributed by atoms with van der Waals surface area (Å²) in [5, 5.41) is 11.3. The van der Waals surface area contributed by atoms with Crippen LogP contribution in [0.15, 0.2) is 48.5 Å². The first-order valence-corrected chi connectivity index (χ1v) is 10.0. The van der Waals surface area contributed by atoms with Gasteiger partial charge in [0.2, 0.25) is 0 Å². The Balaban J connectivity index is 1.62. The number of anilines is 1. The lowest BCUT2D eigenvalue weighted by molar-refractivity contribution is 0.0996. The Hall–Kier alpha value is -4.14. The highest BCUT2D eigenvalue weighted by Crippen LogP contribution is 2.22. The van der Waals surface area contributed by atoms with Gasteiger partial charge in [-0.3, -0.25) is 9.59 Å². The number of carbonyl (C=O) groups is 2. The van der Waals surface area contributed by atoms with Gasteiger partial charge in [0.1, 0.15) is 11.5 Å². The Labute approximate surface area is 183 Å². The maximum atomic E-state index is 13.6. The monoisotopic (exact) mass is 432 g/mol. The molecule has 32 heavy (non-hydrogen) atoms. The quantitative estimate of drug-likeness (QED) is 0.485. The standard InChI is InChI=1S/C23H21FN6O2/c1-3-14-4-6-15(7-5-14)12-30-13(2)22(28-29-30)27-23(32)18-11-20(21(25)31)26-19-10-16(24)8-9-17(18)19/h4-11H,3,12H2,1-2H3,(H2,25,31)(H,27,32). The first kappa shape index (κ1) is 21.1. The summed E-state index contributed by atoms with van der Waals surface area (Å²) in [7, 11) is 0. The van der Waals surface area contributed by atoms with Crippen molar-refractivity contribution in [3.05, 3.63) is 82.4 Å². The van der Waals surface area contributed by atoms with Crippen molar-refractivity contribution >= 4 is 28.5 Å². The van der Waals surface area contributed by atoms with Crippen molar-refractivity contribution in [1.82, 2.24) is 20.0 Å². The minimum absolute atomic E-state index is 0.132. The number of primary amides is 1. The van der Waals surface area contributed by atoms with Gasteiger partial charge in [-0.15, -0.1) is 5.10 Å². The van der Waals surface area contributed by atoms with Crippen LogP contribution in [0.5, 0.6) is 0 Å². The Morgan fingerprint density at radius 1 is 1.09 bits per heavy atom. The van der Waals surface area contributed by atoms with Crippen LogP contribution in [0.4, 0.5) is 10.2 Å². The van der Waals surface area contributed by atoms with Gasteiger partial charge < -0.3 is 11.1 Å². The van der Waals surface area contributed by atoms with Gasteiger partial charge in [-0.25, -0.2) is 14.1 Å². The zero-order chi connectivity index (χ0) is 22.8. The van der Waals surface area contributed by atoms with Crippen molar-refractivity contribution in [2.75, 3.05) is 5.32 Å². The number of nitrogens with zero attached hydrogens (tertiary/aromatic N) is 4. The predicted octanol–water partition coefficient (Wildman–Crippen LogP) is 3.24. The van der Waals surface area contributed by atoms with E-state index >= 15 is 0 Å². The molecular weight excluding hydrogens is 411 g/mol. The molecule has 0 aliphatic rings. The minimum Gasteiger partial charge on any atom is -0.364 e. The van der Waals surface area contributed by atoms with Gasteiger partial charge >= 0.3 is 0 Å². The molecule has 0 fully saturated rings. The summed E-state index contributed by atoms with van der Waals surface area (Å²) in [5.41, 5.74) is 8.45. The maximum absolute atomic E-state index is 13.6. The molecule has 2 heterocycles. The summed E-state index contributed by atoms with van der Waals surface area (Å²) < 4.78 is 15.3. The van der Waals surface area contributed by atoms with Crippen LogP contribution < -0.4 is 11.1 Å². The van der Waals surface area contributed by atoms with Gasteiger partial charge in [-0.05, 0) is 42.7 Å². The lowest BCUT2D eigenvalue weighted by Gasteiger charge is -2.09. The summed E-state index contributed by atoms with van der Waals surface area (Å²) >= 11 is 0. The molecule has 0 atom stereocenters. The number of rotatable bonds is 6. The average Bonchev–Trinajstić information content (AvgIpc) is 3.12. The number of hydrogen-bond donors (Lipinski definition) is 2. The Kier molecular flexibility index (Phi) is 5.63. The Morgan fingerprint density at radius 3 is 2.50 bits per heavy atom. The summed E-state index contributed by atoms with van der Waals surface area (Å²) in [6.45, 7) is 4.40. The molecule has 4 rings (SSSR count). The van der Waals surface area contributed by atoms with E-state index in [1.165, 1.54) is 23.8 Å². The van der Waals surface area contributed by atoms with E-state index in [9.17, 15) is 14.0 Å². The Bertz CT molecular complexity index is 1330. The topological polar surface area (TPSA) is 116 Å². The summed E-state index contributed by atoms with van der Waals surface area (Å²) in [6, 6.07) is 13.3. The second-order valence-electron chi connectivity index (χ2n) is 7.39. The van der Waals surface area contributed by atoms with Crippen LogP contribution >= 0.6 is 0 Å². The van der Waals surface area contributed by atoms with Crippen LogP contribution in [0.3, 0.4) is 0 Å². The van der Waals surface area contributed by atoms with Gasteiger partial charge in [0.05, 0.1) is 23.3 Å². The lowest BCUT2D eigenvalue weighted by Crippen LogP contribution is -2.18. The summed E-state index contributed by atoms with van der Waals surface area (Å²) in [6.07, 6.45) is 0.965. The molecule has 0 bridgehead atoms. The third kappa shape index (κ3) is 4.18. The van der Waals surface area contributed by atoms with Crippen molar-refractivity contribution in [1.29, 1.82) is 0 Å². The fourth-order valence-corrected chi connectivity index (χ4v) is 3.37. The first-order chi connectivity index (χ1) is 15.4. The number of aryl methyl sites for hydroxylation is 1. The Morgan fingerprint density at radius 2 is 1.81 bits per heavy atom. The third-order valence-corrected chi connectivity index (χ3v) is 5.25. The number of nitrogens with two attached hydrogens (primary N) is 1. The molecule has 3 N–H and O–H groups in total. The molecular formula is C23H21FN6O2. The van der Waals surface area contributed by atoms with Gasteiger partial charge in [0, 0.05) is 11.5 Å². The van der Waals surface area contributed by atoms with E-state index in [4.69, 9.17) is 5.73 Å². The van der Waals surface area contributed by atoms with Crippen molar-refractivity contribution in [2.24, 2.45) is 5.73 Å². The second-order valence-corrected chi connectivity index (χ2v) is 7.39. The van der Waals surface area contributed by atoms with Gasteiger partial charge in [0.15, 0.2) is 5.82 Å². The van der Waals surface area contributed by atoms with E-state index in [-0.39, 0.29) is 22.6 Å². The van der Waals surface area contributed by atoms with Crippen LogP contribution in [-0.4, -0.2) is 31.8 Å². The zero-order valence-electron chi connectivity index (χ0n) is 17.6. The van der Waals surface area contributed by atoms with Gasteiger partial charge in [0.25, 0.3) is 11.8 Å². The van der Waals surface area contributed by atoms with E-state index in [1.807, 2.05) is 12.1 Å². The minimum atomic E-state index is -0.818. The van der Waals surface area contributed by atoms with Gasteiger partial charge in [-0.1, -0.05) is 36.4 Å². The number of carbonyl (C=O) groups excluding carboxylic acids is 2. The number of halogens is 1. The fourth-order valence-electron chi connectivity index (χ4n) is 3.37. The normalized spacial score (nSPS) is 11.0. The van der Waals surface area contributed by atoms with E-state index < -0.39 is 17.6 Å². The highest BCUT2D eigenvalue weighted by atomic mass is 19.1. The third-order valence-electron chi connectivity index (χ3n) is 5.25. The fraction of sp³-hybridized carbons (Fsp3) is 0.174. The molecule has 2 amide bonds. The molecule has 0 unspecified atom stereocenters. The van der Waals surface area contributed by atoms with Crippen LogP contribution in [0.2, 0.25) is 0 Å². The largest absolute Gasteiger partial charge is 0.364 e. The lowest BCUT2D eigenvalue weighted by atomic mass is 10.1. The SMILES string of the molecule is CCc1ccc(Cn2nnc(NC(=O)c3cc(C(N)=O)nc4cc(F)ccc34)c2C)cc1. The highest BCUT2D eigenvalue weighted by Gasteiger charge is 2.19. The van der Waals surface area contributed by atoms with Gasteiger partial charge in [-0.2, -0.15) is 0 Å². The van der Waals surface area contributed by atoms with E-state index in [0.29, 0.717) is 17.6 Å². The number of fused-ring (bicyclic) bond motifs is 1. The van der Waals surface area contributed by atoms with Crippen LogP contribution in [0.1, 0.15) is 44.6 Å². The molecule has 0 radical (unpaired) electrons. The summed E-state index contributed by atoms with van der Waals surface area (Å²) in [4.78, 5) is 28.7. The van der Waals surface area contributed by atoms with E-state index in [2.05, 4.69) is 39.7 Å². The molecule has 162 valence electrons. The molecule has 0 saturated carbocycles. The number of aromatic nitrogens is 4. The number of hydrogen-bond acceptors (Lipinski definition) is 5. The number of amides is 2. The van der Waals surface area contributed by atoms with Crippen molar-refractivity contribution in [3.63, 3.8) is 0 Å². The zero-order valence-corrected chi connectivity index (χ0v) is 17.6. The van der Waals surface area contributed by atoms with E-state index in [0.717, 1.165) is 18.1 Å². The van der Waals surface area contributed by atoms with Crippen LogP contribution in [0, 0.1) is 12.7 Å². The molecule has 8 nitrogen and oxygen atoms in total. The van der Waals surface area contributed by atoms with E-state index in [1.54, 1.807) is 11.6 Å². The first-order valence-electron chi connectivity index (χ1n) is 10.0. The number of nitrogens with one attached hydrogen (secondary N) is 1. The molecule has 0 aliphatic heterocycles. The van der Waals surface area contributed by atoms with Crippen molar-refractivity contribution in [2.45, 2.75) is 26.8 Å². The number of benzene rings is 2.